The van der Waals surface area contributed by atoms with Crippen LogP contribution in [0.25, 0.3) is 0 Å². The Morgan fingerprint density at radius 3 is 2.76 bits per heavy atom. The molecule has 1 aliphatic rings. The third-order valence-electron chi connectivity index (χ3n) is 2.45. The fraction of sp³-hybridized carbons (Fsp3) is 0.700. The molecular formula is C10H15N3O4. The highest BCUT2D eigenvalue weighted by Crippen LogP contribution is 2.08. The molecule has 0 bridgehead atoms. The van der Waals surface area contributed by atoms with Gasteiger partial charge in [-0.3, -0.25) is 0 Å². The average molecular weight is 241 g/mol. The first-order valence-corrected chi connectivity index (χ1v) is 5.18. The Labute approximate surface area is 99.0 Å². The molecule has 17 heavy (non-hydrogen) atoms. The van der Waals surface area contributed by atoms with Crippen LogP contribution >= 0.6 is 0 Å². The molecule has 0 aliphatic carbocycles. The lowest BCUT2D eigenvalue weighted by Crippen LogP contribution is -2.57. The number of carboxylic acids is 1. The Kier molecular flexibility index (Phi) is 3.91. The maximum Gasteiger partial charge on any atom is 0.328 e. The second-order valence-electron chi connectivity index (χ2n) is 4.29. The first kappa shape index (κ1) is 13.3. The second kappa shape index (κ2) is 5.01. The van der Waals surface area contributed by atoms with E-state index in [2.05, 4.69) is 5.32 Å². The molecule has 0 spiro atoms. The predicted octanol–water partition coefficient (Wildman–Crippen LogP) is -0.216. The van der Waals surface area contributed by atoms with E-state index in [9.17, 15) is 9.59 Å². The predicted molar refractivity (Wildman–Crippen MR) is 57.2 cm³/mol. The van der Waals surface area contributed by atoms with E-state index >= 15 is 0 Å². The summed E-state index contributed by atoms with van der Waals surface area (Å²) in [5, 5.41) is 20.0. The highest BCUT2D eigenvalue weighted by molar-refractivity contribution is 5.85. The van der Waals surface area contributed by atoms with Crippen molar-refractivity contribution in [2.45, 2.75) is 25.5 Å². The van der Waals surface area contributed by atoms with E-state index in [4.69, 9.17) is 15.1 Å². The van der Waals surface area contributed by atoms with Crippen LogP contribution in [0.15, 0.2) is 0 Å². The second-order valence-corrected chi connectivity index (χ2v) is 4.29. The molecule has 1 fully saturated rings. The minimum atomic E-state index is -1.34. The van der Waals surface area contributed by atoms with E-state index in [0.717, 1.165) is 0 Å². The number of hydrogen-bond donors (Lipinski definition) is 2. The number of nitrogens with one attached hydrogen (secondary N) is 1. The SMILES string of the molecule is CC(C)(NC(=O)N1CCOC(C#N)C1)C(=O)O. The van der Waals surface area contributed by atoms with Crippen molar-refractivity contribution in [1.29, 1.82) is 5.26 Å². The van der Waals surface area contributed by atoms with Crippen molar-refractivity contribution < 1.29 is 19.4 Å². The van der Waals surface area contributed by atoms with Gasteiger partial charge in [-0.05, 0) is 13.8 Å². The number of urea groups is 1. The number of nitrogens with zero attached hydrogens (tertiary/aromatic N) is 2. The lowest BCUT2D eigenvalue weighted by Gasteiger charge is -2.32. The standard InChI is InChI=1S/C10H15N3O4/c1-10(2,8(14)15)12-9(16)13-3-4-17-7(5-11)6-13/h7H,3-4,6H2,1-2H3,(H,12,16)(H,14,15). The first-order valence-electron chi connectivity index (χ1n) is 5.18. The van der Waals surface area contributed by atoms with Gasteiger partial charge >= 0.3 is 12.0 Å². The van der Waals surface area contributed by atoms with Crippen molar-refractivity contribution >= 4 is 12.0 Å². The van der Waals surface area contributed by atoms with Gasteiger partial charge in [0.05, 0.1) is 19.2 Å². The third kappa shape index (κ3) is 3.32. The summed E-state index contributed by atoms with van der Waals surface area (Å²) in [7, 11) is 0. The highest BCUT2D eigenvalue weighted by Gasteiger charge is 2.32. The summed E-state index contributed by atoms with van der Waals surface area (Å²) < 4.78 is 5.09. The molecule has 0 radical (unpaired) electrons. The molecule has 1 saturated heterocycles. The minimum absolute atomic E-state index is 0.151. The third-order valence-corrected chi connectivity index (χ3v) is 2.45. The number of hydrogen-bond acceptors (Lipinski definition) is 4. The summed E-state index contributed by atoms with van der Waals surface area (Å²) in [6.45, 7) is 3.57. The number of amides is 2. The summed E-state index contributed by atoms with van der Waals surface area (Å²) >= 11 is 0. The van der Waals surface area contributed by atoms with E-state index < -0.39 is 23.6 Å². The first-order chi connectivity index (χ1) is 7.86. The maximum absolute atomic E-state index is 11.8. The monoisotopic (exact) mass is 241 g/mol. The van der Waals surface area contributed by atoms with Gasteiger partial charge in [-0.15, -0.1) is 0 Å². The fourth-order valence-corrected chi connectivity index (χ4v) is 1.31. The van der Waals surface area contributed by atoms with Crippen molar-refractivity contribution in [2.75, 3.05) is 19.7 Å². The van der Waals surface area contributed by atoms with Gasteiger partial charge in [-0.25, -0.2) is 9.59 Å². The molecule has 1 atom stereocenters. The van der Waals surface area contributed by atoms with Crippen LogP contribution in [0.5, 0.6) is 0 Å². The fourth-order valence-electron chi connectivity index (χ4n) is 1.31. The molecule has 1 aliphatic heterocycles. The molecule has 2 N–H and O–H groups in total. The number of rotatable bonds is 2. The number of nitriles is 1. The van der Waals surface area contributed by atoms with Gasteiger partial charge in [0.2, 0.25) is 0 Å². The molecule has 0 saturated carbocycles. The summed E-state index contributed by atoms with van der Waals surface area (Å²) in [5.41, 5.74) is -1.34. The molecule has 94 valence electrons. The smallest absolute Gasteiger partial charge is 0.328 e. The van der Waals surface area contributed by atoms with Gasteiger partial charge < -0.3 is 20.1 Å². The Morgan fingerprint density at radius 1 is 1.59 bits per heavy atom. The molecule has 0 aromatic heterocycles. The molecule has 7 nitrogen and oxygen atoms in total. The van der Waals surface area contributed by atoms with E-state index in [1.807, 2.05) is 6.07 Å². The Hall–Kier alpha value is -1.81. The molecule has 1 heterocycles. The summed E-state index contributed by atoms with van der Waals surface area (Å²) in [6, 6.07) is 1.42. The Bertz CT molecular complexity index is 361. The lowest BCUT2D eigenvalue weighted by molar-refractivity contribution is -0.143. The van der Waals surface area contributed by atoms with Crippen molar-refractivity contribution in [1.82, 2.24) is 10.2 Å². The Morgan fingerprint density at radius 2 is 2.24 bits per heavy atom. The normalized spacial score (nSPS) is 20.5. The highest BCUT2D eigenvalue weighted by atomic mass is 16.5. The van der Waals surface area contributed by atoms with Crippen LogP contribution in [0.1, 0.15) is 13.8 Å². The van der Waals surface area contributed by atoms with Crippen LogP contribution < -0.4 is 5.32 Å². The van der Waals surface area contributed by atoms with Crippen molar-refractivity contribution in [3.8, 4) is 6.07 Å². The number of carbonyl (C=O) groups excluding carboxylic acids is 1. The van der Waals surface area contributed by atoms with Crippen molar-refractivity contribution in [3.63, 3.8) is 0 Å². The Balaban J connectivity index is 2.59. The molecule has 0 aromatic rings. The maximum atomic E-state index is 11.8. The van der Waals surface area contributed by atoms with E-state index in [1.165, 1.54) is 18.7 Å². The van der Waals surface area contributed by atoms with Gasteiger partial charge in [0.1, 0.15) is 5.54 Å². The molecule has 2 amide bonds. The van der Waals surface area contributed by atoms with Crippen LogP contribution in [0.2, 0.25) is 0 Å². The van der Waals surface area contributed by atoms with Gasteiger partial charge in [0, 0.05) is 6.54 Å². The van der Waals surface area contributed by atoms with Gasteiger partial charge in [0.25, 0.3) is 0 Å². The zero-order valence-electron chi connectivity index (χ0n) is 9.77. The van der Waals surface area contributed by atoms with Crippen LogP contribution in [0, 0.1) is 11.3 Å². The number of carbonyl (C=O) groups is 2. The molecule has 7 heteroatoms. The molecular weight excluding hydrogens is 226 g/mol. The van der Waals surface area contributed by atoms with Gasteiger partial charge in [-0.2, -0.15) is 5.26 Å². The number of ether oxygens (including phenoxy) is 1. The number of morpholine rings is 1. The van der Waals surface area contributed by atoms with Crippen molar-refractivity contribution in [3.05, 3.63) is 0 Å². The van der Waals surface area contributed by atoms with Gasteiger partial charge in [0.15, 0.2) is 6.10 Å². The molecule has 1 unspecified atom stereocenters. The van der Waals surface area contributed by atoms with Crippen LogP contribution in [0.4, 0.5) is 4.79 Å². The van der Waals surface area contributed by atoms with E-state index in [1.54, 1.807) is 0 Å². The zero-order chi connectivity index (χ0) is 13.1. The average Bonchev–Trinajstić information content (AvgIpc) is 2.28. The number of aliphatic carboxylic acids is 1. The summed E-state index contributed by atoms with van der Waals surface area (Å²) in [6.07, 6.45) is -0.651. The largest absolute Gasteiger partial charge is 0.480 e. The molecule has 1 rings (SSSR count). The topological polar surface area (TPSA) is 103 Å². The minimum Gasteiger partial charge on any atom is -0.480 e. The lowest BCUT2D eigenvalue weighted by atomic mass is 10.1. The quantitative estimate of drug-likeness (QED) is 0.696. The van der Waals surface area contributed by atoms with Crippen LogP contribution in [-0.2, 0) is 9.53 Å². The van der Waals surface area contributed by atoms with Gasteiger partial charge in [-0.1, -0.05) is 0 Å². The summed E-state index contributed by atoms with van der Waals surface area (Å²) in [5.74, 6) is -1.11. The van der Waals surface area contributed by atoms with E-state index in [0.29, 0.717) is 6.54 Å². The molecule has 0 aromatic carbocycles. The van der Waals surface area contributed by atoms with E-state index in [-0.39, 0.29) is 13.2 Å². The van der Waals surface area contributed by atoms with Crippen molar-refractivity contribution in [2.24, 2.45) is 0 Å². The number of carboxylic acid groups (broad SMARTS) is 1. The van der Waals surface area contributed by atoms with Crippen LogP contribution in [-0.4, -0.2) is 53.3 Å². The summed E-state index contributed by atoms with van der Waals surface area (Å²) in [4.78, 5) is 24.0. The zero-order valence-corrected chi connectivity index (χ0v) is 9.77. The van der Waals surface area contributed by atoms with Crippen LogP contribution in [0.3, 0.4) is 0 Å².